The molecule has 1 aromatic heterocycles. The Morgan fingerprint density at radius 1 is 0.923 bits per heavy atom. The van der Waals surface area contributed by atoms with E-state index >= 15 is 0 Å². The minimum atomic E-state index is -0.0522. The second kappa shape index (κ2) is 6.48. The van der Waals surface area contributed by atoms with E-state index in [0.29, 0.717) is 6.42 Å². The van der Waals surface area contributed by atoms with Crippen LogP contribution in [0.2, 0.25) is 0 Å². The van der Waals surface area contributed by atoms with E-state index in [1.807, 2.05) is 30.3 Å². The van der Waals surface area contributed by atoms with Gasteiger partial charge in [0, 0.05) is 22.0 Å². The number of aromatic nitrogens is 1. The summed E-state index contributed by atoms with van der Waals surface area (Å²) in [5.74, 6) is 0.196. The van der Waals surface area contributed by atoms with Crippen molar-refractivity contribution in [1.29, 1.82) is 0 Å². The highest BCUT2D eigenvalue weighted by Gasteiger charge is 2.34. The van der Waals surface area contributed by atoms with Crippen LogP contribution in [0, 0.1) is 5.41 Å². The normalized spacial score (nSPS) is 15.6. The number of hydrogen-bond donors (Lipinski definition) is 0. The second-order valence-electron chi connectivity index (χ2n) is 7.69. The lowest BCUT2D eigenvalue weighted by Crippen LogP contribution is -2.28. The Balaban J connectivity index is 1.97. The van der Waals surface area contributed by atoms with Gasteiger partial charge in [0.05, 0.1) is 11.4 Å². The number of Topliss-reactive ketones (excluding diaryl/α,β-unsaturated/α-hetero) is 1. The third kappa shape index (κ3) is 3.24. The molecule has 0 atom stereocenters. The highest BCUT2D eigenvalue weighted by Crippen LogP contribution is 2.40. The molecule has 2 aromatic carbocycles. The Labute approximate surface area is 162 Å². The predicted molar refractivity (Wildman–Crippen MR) is 109 cm³/mol. The summed E-state index contributed by atoms with van der Waals surface area (Å²) < 4.78 is 1.03. The fraction of sp³-hybridized carbons (Fsp3) is 0.217. The molecule has 0 saturated carbocycles. The molecule has 0 saturated heterocycles. The van der Waals surface area contributed by atoms with E-state index in [9.17, 15) is 4.79 Å². The van der Waals surface area contributed by atoms with Crippen LogP contribution in [-0.2, 0) is 6.42 Å². The lowest BCUT2D eigenvalue weighted by atomic mass is 9.74. The SMILES string of the molecule is CC1(C)CC(=O)c2c(-c3ccc(Br)cc3)cc(-c3ccccc3)nc2C1. The van der Waals surface area contributed by atoms with E-state index in [1.54, 1.807) is 0 Å². The van der Waals surface area contributed by atoms with Crippen molar-refractivity contribution in [2.45, 2.75) is 26.7 Å². The number of carbonyl (C=O) groups is 1. The first-order valence-electron chi connectivity index (χ1n) is 8.81. The van der Waals surface area contributed by atoms with Gasteiger partial charge in [-0.15, -0.1) is 0 Å². The van der Waals surface area contributed by atoms with Gasteiger partial charge >= 0.3 is 0 Å². The van der Waals surface area contributed by atoms with E-state index in [0.717, 1.165) is 44.5 Å². The molecule has 3 aromatic rings. The number of carbonyl (C=O) groups excluding carboxylic acids is 1. The van der Waals surface area contributed by atoms with Gasteiger partial charge in [0.15, 0.2) is 5.78 Å². The van der Waals surface area contributed by atoms with Crippen LogP contribution in [0.1, 0.15) is 36.3 Å². The minimum absolute atomic E-state index is 0.0522. The molecule has 1 aliphatic carbocycles. The van der Waals surface area contributed by atoms with Crippen LogP contribution in [0.25, 0.3) is 22.4 Å². The zero-order valence-electron chi connectivity index (χ0n) is 14.9. The van der Waals surface area contributed by atoms with E-state index in [4.69, 9.17) is 4.98 Å². The molecule has 0 radical (unpaired) electrons. The number of hydrogen-bond acceptors (Lipinski definition) is 2. The van der Waals surface area contributed by atoms with Gasteiger partial charge in [-0.3, -0.25) is 9.78 Å². The fourth-order valence-electron chi connectivity index (χ4n) is 3.69. The summed E-state index contributed by atoms with van der Waals surface area (Å²) in [7, 11) is 0. The molecule has 0 N–H and O–H groups in total. The monoisotopic (exact) mass is 405 g/mol. The van der Waals surface area contributed by atoms with Crippen molar-refractivity contribution in [1.82, 2.24) is 4.98 Å². The van der Waals surface area contributed by atoms with Crippen LogP contribution >= 0.6 is 15.9 Å². The van der Waals surface area contributed by atoms with Gasteiger partial charge < -0.3 is 0 Å². The highest BCUT2D eigenvalue weighted by atomic mass is 79.9. The molecule has 0 amide bonds. The van der Waals surface area contributed by atoms with Crippen molar-refractivity contribution in [3.8, 4) is 22.4 Å². The fourth-order valence-corrected chi connectivity index (χ4v) is 3.95. The van der Waals surface area contributed by atoms with E-state index in [1.165, 1.54) is 0 Å². The van der Waals surface area contributed by atoms with Crippen molar-refractivity contribution in [3.05, 3.63) is 76.4 Å². The van der Waals surface area contributed by atoms with Gasteiger partial charge in [0.1, 0.15) is 0 Å². The van der Waals surface area contributed by atoms with E-state index in [2.05, 4.69) is 60.1 Å². The maximum absolute atomic E-state index is 13.0. The number of rotatable bonds is 2. The molecule has 0 spiro atoms. The summed E-state index contributed by atoms with van der Waals surface area (Å²) in [6, 6.07) is 20.4. The van der Waals surface area contributed by atoms with Crippen LogP contribution < -0.4 is 0 Å². The van der Waals surface area contributed by atoms with Crippen LogP contribution in [0.5, 0.6) is 0 Å². The summed E-state index contributed by atoms with van der Waals surface area (Å²) in [5.41, 5.74) is 5.71. The lowest BCUT2D eigenvalue weighted by Gasteiger charge is -2.31. The second-order valence-corrected chi connectivity index (χ2v) is 8.61. The Morgan fingerprint density at radius 3 is 2.31 bits per heavy atom. The molecule has 3 heteroatoms. The summed E-state index contributed by atoms with van der Waals surface area (Å²) >= 11 is 3.49. The van der Waals surface area contributed by atoms with Crippen LogP contribution in [0.15, 0.2) is 65.1 Å². The van der Waals surface area contributed by atoms with Crippen LogP contribution in [0.3, 0.4) is 0 Å². The number of pyridine rings is 1. The largest absolute Gasteiger partial charge is 0.294 e. The number of fused-ring (bicyclic) bond motifs is 1. The molecule has 0 bridgehead atoms. The van der Waals surface area contributed by atoms with E-state index in [-0.39, 0.29) is 11.2 Å². The van der Waals surface area contributed by atoms with Gasteiger partial charge in [-0.25, -0.2) is 0 Å². The quantitative estimate of drug-likeness (QED) is 0.498. The van der Waals surface area contributed by atoms with Crippen LogP contribution in [-0.4, -0.2) is 10.8 Å². The molecule has 1 heterocycles. The molecular weight excluding hydrogens is 386 g/mol. The number of nitrogens with zero attached hydrogens (tertiary/aromatic N) is 1. The van der Waals surface area contributed by atoms with Crippen molar-refractivity contribution in [2.75, 3.05) is 0 Å². The average molecular weight is 406 g/mol. The Bertz CT molecular complexity index is 975. The first-order valence-corrected chi connectivity index (χ1v) is 9.61. The lowest BCUT2D eigenvalue weighted by molar-refractivity contribution is 0.0911. The Morgan fingerprint density at radius 2 is 1.62 bits per heavy atom. The Hall–Kier alpha value is -2.26. The van der Waals surface area contributed by atoms with Gasteiger partial charge in [-0.2, -0.15) is 0 Å². The molecule has 0 unspecified atom stereocenters. The number of benzene rings is 2. The van der Waals surface area contributed by atoms with Crippen molar-refractivity contribution in [3.63, 3.8) is 0 Å². The third-order valence-corrected chi connectivity index (χ3v) is 5.41. The maximum Gasteiger partial charge on any atom is 0.165 e. The highest BCUT2D eigenvalue weighted by molar-refractivity contribution is 9.10. The molecule has 0 fully saturated rings. The summed E-state index contributed by atoms with van der Waals surface area (Å²) in [6.07, 6.45) is 1.38. The summed E-state index contributed by atoms with van der Waals surface area (Å²) in [5, 5.41) is 0. The van der Waals surface area contributed by atoms with Crippen LogP contribution in [0.4, 0.5) is 0 Å². The molecule has 130 valence electrons. The standard InChI is InChI=1S/C23H20BrNO/c1-23(2)13-20-22(21(26)14-23)18(15-8-10-17(24)11-9-15)12-19(25-20)16-6-4-3-5-7-16/h3-12H,13-14H2,1-2H3. The molecule has 1 aliphatic rings. The Kier molecular flexibility index (Phi) is 4.28. The van der Waals surface area contributed by atoms with Crippen molar-refractivity contribution < 1.29 is 4.79 Å². The zero-order chi connectivity index (χ0) is 18.3. The average Bonchev–Trinajstić information content (AvgIpc) is 2.61. The predicted octanol–water partition coefficient (Wildman–Crippen LogP) is 6.33. The molecule has 2 nitrogen and oxygen atoms in total. The van der Waals surface area contributed by atoms with Crippen molar-refractivity contribution >= 4 is 21.7 Å². The van der Waals surface area contributed by atoms with Gasteiger partial charge in [-0.1, -0.05) is 72.2 Å². The summed E-state index contributed by atoms with van der Waals surface area (Å²) in [6.45, 7) is 4.29. The summed E-state index contributed by atoms with van der Waals surface area (Å²) in [4.78, 5) is 17.9. The molecule has 4 rings (SSSR count). The van der Waals surface area contributed by atoms with Gasteiger partial charge in [-0.05, 0) is 41.2 Å². The molecular formula is C23H20BrNO. The zero-order valence-corrected chi connectivity index (χ0v) is 16.5. The number of ketones is 1. The molecule has 26 heavy (non-hydrogen) atoms. The van der Waals surface area contributed by atoms with E-state index < -0.39 is 0 Å². The first kappa shape index (κ1) is 17.2. The number of halogens is 1. The molecule has 0 aliphatic heterocycles. The maximum atomic E-state index is 13.0. The smallest absolute Gasteiger partial charge is 0.165 e. The van der Waals surface area contributed by atoms with Crippen molar-refractivity contribution in [2.24, 2.45) is 5.41 Å². The topological polar surface area (TPSA) is 30.0 Å². The minimum Gasteiger partial charge on any atom is -0.294 e. The third-order valence-electron chi connectivity index (χ3n) is 4.88. The van der Waals surface area contributed by atoms with Gasteiger partial charge in [0.25, 0.3) is 0 Å². The first-order chi connectivity index (χ1) is 12.4. The van der Waals surface area contributed by atoms with Gasteiger partial charge in [0.2, 0.25) is 0 Å².